The molecule has 0 saturated carbocycles. The molecule has 0 saturated heterocycles. The summed E-state index contributed by atoms with van der Waals surface area (Å²) >= 11 is 1.81. The van der Waals surface area contributed by atoms with E-state index in [1.54, 1.807) is 0 Å². The van der Waals surface area contributed by atoms with Gasteiger partial charge < -0.3 is 0 Å². The molecule has 0 bridgehead atoms. The highest BCUT2D eigenvalue weighted by molar-refractivity contribution is 7.99. The van der Waals surface area contributed by atoms with Crippen molar-refractivity contribution in [2.45, 2.75) is 15.2 Å². The molecule has 0 fully saturated rings. The molecule has 260 valence electrons. The number of benzene rings is 8. The second kappa shape index (κ2) is 12.7. The number of hydrogen-bond acceptors (Lipinski definition) is 5. The Morgan fingerprint density at radius 1 is 0.411 bits per heavy atom. The van der Waals surface area contributed by atoms with Crippen molar-refractivity contribution >= 4 is 22.5 Å². The molecule has 0 amide bonds. The minimum Gasteiger partial charge on any atom is -0.208 e. The average molecular weight is 731 g/mol. The van der Waals surface area contributed by atoms with Gasteiger partial charge in [0.05, 0.1) is 17.0 Å². The van der Waals surface area contributed by atoms with E-state index >= 15 is 0 Å². The second-order valence-electron chi connectivity index (χ2n) is 14.3. The first-order valence-corrected chi connectivity index (χ1v) is 19.5. The predicted molar refractivity (Wildman–Crippen MR) is 225 cm³/mol. The van der Waals surface area contributed by atoms with Gasteiger partial charge in [-0.2, -0.15) is 5.26 Å². The number of nitrogens with zero attached hydrogens (tertiary/aromatic N) is 4. The van der Waals surface area contributed by atoms with E-state index in [2.05, 4.69) is 146 Å². The molecule has 2 heterocycles. The molecule has 9 aromatic rings. The van der Waals surface area contributed by atoms with Crippen LogP contribution in [-0.4, -0.2) is 15.0 Å². The van der Waals surface area contributed by atoms with Crippen molar-refractivity contribution in [3.8, 4) is 62.5 Å². The Balaban J connectivity index is 1.17. The van der Waals surface area contributed by atoms with E-state index < -0.39 is 5.41 Å². The lowest BCUT2D eigenvalue weighted by Gasteiger charge is -2.40. The largest absolute Gasteiger partial charge is 0.208 e. The van der Waals surface area contributed by atoms with Crippen LogP contribution in [0.4, 0.5) is 0 Å². The molecule has 4 nitrogen and oxygen atoms in total. The van der Waals surface area contributed by atoms with Crippen LogP contribution >= 0.6 is 11.8 Å². The maximum Gasteiger partial charge on any atom is 0.164 e. The summed E-state index contributed by atoms with van der Waals surface area (Å²) in [5.74, 6) is 1.90. The van der Waals surface area contributed by atoms with E-state index in [-0.39, 0.29) is 0 Å². The first-order chi connectivity index (χ1) is 27.7. The SMILES string of the molecule is N#Cc1ccc(-c2ccc3c(c2)C2(c4cc(-c5nc(-c6ccccc6)nc(-c6cccc7ccccc67)n5)ccc4S3)c3ccccc3-c3ccccc32)cc1. The fraction of sp³-hybridized carbons (Fsp3) is 0.0196. The van der Waals surface area contributed by atoms with Crippen molar-refractivity contribution in [2.75, 3.05) is 0 Å². The lowest BCUT2D eigenvalue weighted by molar-refractivity contribution is 0.723. The van der Waals surface area contributed by atoms with Crippen molar-refractivity contribution in [2.24, 2.45) is 0 Å². The Kier molecular flexibility index (Phi) is 7.35. The predicted octanol–water partition coefficient (Wildman–Crippen LogP) is 12.4. The van der Waals surface area contributed by atoms with Gasteiger partial charge in [-0.05, 0) is 91.7 Å². The summed E-state index contributed by atoms with van der Waals surface area (Å²) in [6.45, 7) is 0. The Hall–Kier alpha value is -7.13. The van der Waals surface area contributed by atoms with Crippen molar-refractivity contribution < 1.29 is 0 Å². The third-order valence-corrected chi connectivity index (χ3v) is 12.4. The number of rotatable bonds is 4. The van der Waals surface area contributed by atoms with Gasteiger partial charge in [0.25, 0.3) is 0 Å². The molecule has 5 heteroatoms. The standard InChI is InChI=1S/C51H30N4S/c52-31-32-21-23-33(24-22-32)36-25-27-46-44(29-36)51(42-19-8-6-16-39(42)40-17-7-9-20-43(40)51)45-30-37(26-28-47(45)56-46)49-53-48(35-12-2-1-3-13-35)54-50(55-49)41-18-10-14-34-11-4-5-15-38(34)41/h1-30H. The Morgan fingerprint density at radius 2 is 0.946 bits per heavy atom. The van der Waals surface area contributed by atoms with E-state index in [0.29, 0.717) is 23.0 Å². The Labute approximate surface area is 328 Å². The Morgan fingerprint density at radius 3 is 1.66 bits per heavy atom. The van der Waals surface area contributed by atoms with Gasteiger partial charge in [-0.15, -0.1) is 0 Å². The van der Waals surface area contributed by atoms with E-state index in [9.17, 15) is 5.26 Å². The third kappa shape index (κ3) is 4.90. The quantitative estimate of drug-likeness (QED) is 0.180. The molecule has 1 aliphatic carbocycles. The maximum absolute atomic E-state index is 9.50. The van der Waals surface area contributed by atoms with Gasteiger partial charge in [-0.1, -0.05) is 157 Å². The summed E-state index contributed by atoms with van der Waals surface area (Å²) in [5.41, 5.74) is 12.5. The van der Waals surface area contributed by atoms with Crippen LogP contribution in [0.2, 0.25) is 0 Å². The van der Waals surface area contributed by atoms with Gasteiger partial charge in [0.2, 0.25) is 0 Å². The molecule has 8 aromatic carbocycles. The Bertz CT molecular complexity index is 3020. The highest BCUT2D eigenvalue weighted by Gasteiger charge is 2.50. The van der Waals surface area contributed by atoms with Crippen LogP contribution in [0.1, 0.15) is 27.8 Å². The second-order valence-corrected chi connectivity index (χ2v) is 15.3. The normalized spacial score (nSPS) is 13.1. The van der Waals surface area contributed by atoms with E-state index in [0.717, 1.165) is 38.6 Å². The molecule has 0 atom stereocenters. The molecule has 0 unspecified atom stereocenters. The van der Waals surface area contributed by atoms with Crippen molar-refractivity contribution in [1.29, 1.82) is 5.26 Å². The minimum atomic E-state index is -0.602. The van der Waals surface area contributed by atoms with Gasteiger partial charge in [0, 0.05) is 26.5 Å². The number of nitriles is 1. The molecular formula is C51H30N4S. The van der Waals surface area contributed by atoms with Gasteiger partial charge >= 0.3 is 0 Å². The fourth-order valence-electron chi connectivity index (χ4n) is 8.72. The smallest absolute Gasteiger partial charge is 0.164 e. The van der Waals surface area contributed by atoms with Crippen LogP contribution in [-0.2, 0) is 5.41 Å². The first kappa shape index (κ1) is 32.3. The van der Waals surface area contributed by atoms with Crippen molar-refractivity contribution in [3.05, 3.63) is 210 Å². The summed E-state index contributed by atoms with van der Waals surface area (Å²) < 4.78 is 0. The van der Waals surface area contributed by atoms with Crippen LogP contribution < -0.4 is 0 Å². The fourth-order valence-corrected chi connectivity index (χ4v) is 9.87. The van der Waals surface area contributed by atoms with E-state index in [1.165, 1.54) is 43.2 Å². The first-order valence-electron chi connectivity index (χ1n) is 18.7. The van der Waals surface area contributed by atoms with Crippen molar-refractivity contribution in [1.82, 2.24) is 15.0 Å². The monoisotopic (exact) mass is 730 g/mol. The lowest BCUT2D eigenvalue weighted by atomic mass is 9.66. The zero-order valence-electron chi connectivity index (χ0n) is 30.0. The molecule has 11 rings (SSSR count). The van der Waals surface area contributed by atoms with E-state index in [4.69, 9.17) is 15.0 Å². The van der Waals surface area contributed by atoms with Crippen LogP contribution in [0.15, 0.2) is 192 Å². The molecule has 2 aliphatic rings. The molecule has 1 aromatic heterocycles. The van der Waals surface area contributed by atoms with Crippen LogP contribution in [0, 0.1) is 11.3 Å². The number of hydrogen-bond donors (Lipinski definition) is 0. The average Bonchev–Trinajstić information content (AvgIpc) is 3.57. The highest BCUT2D eigenvalue weighted by atomic mass is 32.2. The molecule has 0 radical (unpaired) electrons. The summed E-state index contributed by atoms with van der Waals surface area (Å²) in [7, 11) is 0. The number of aromatic nitrogens is 3. The molecule has 1 aliphatic heterocycles. The van der Waals surface area contributed by atoms with Gasteiger partial charge in [-0.25, -0.2) is 15.0 Å². The number of fused-ring (bicyclic) bond motifs is 10. The van der Waals surface area contributed by atoms with Gasteiger partial charge in [-0.3, -0.25) is 0 Å². The molecule has 0 N–H and O–H groups in total. The minimum absolute atomic E-state index is 0.602. The zero-order valence-corrected chi connectivity index (χ0v) is 30.8. The maximum atomic E-state index is 9.50. The summed E-state index contributed by atoms with van der Waals surface area (Å²) in [4.78, 5) is 18.0. The van der Waals surface area contributed by atoms with Crippen LogP contribution in [0.25, 0.3) is 67.2 Å². The van der Waals surface area contributed by atoms with Gasteiger partial charge in [0.1, 0.15) is 0 Å². The summed E-state index contributed by atoms with van der Waals surface area (Å²) in [5, 5.41) is 11.7. The van der Waals surface area contributed by atoms with E-state index in [1.807, 2.05) is 54.2 Å². The molecule has 56 heavy (non-hydrogen) atoms. The molecule has 1 spiro atoms. The summed E-state index contributed by atoms with van der Waals surface area (Å²) in [6, 6.07) is 66.3. The zero-order chi connectivity index (χ0) is 37.2. The third-order valence-electron chi connectivity index (χ3n) is 11.2. The summed E-state index contributed by atoms with van der Waals surface area (Å²) in [6.07, 6.45) is 0. The van der Waals surface area contributed by atoms with Crippen LogP contribution in [0.3, 0.4) is 0 Å². The molecular weight excluding hydrogens is 701 g/mol. The highest BCUT2D eigenvalue weighted by Crippen LogP contribution is 2.62. The van der Waals surface area contributed by atoms with Crippen molar-refractivity contribution in [3.63, 3.8) is 0 Å². The topological polar surface area (TPSA) is 62.5 Å². The van der Waals surface area contributed by atoms with Crippen LogP contribution in [0.5, 0.6) is 0 Å². The lowest BCUT2D eigenvalue weighted by Crippen LogP contribution is -2.32. The van der Waals surface area contributed by atoms with Gasteiger partial charge in [0.15, 0.2) is 17.5 Å².